The molecule has 6 rings (SSSR count). The van der Waals surface area contributed by atoms with Gasteiger partial charge in [-0.15, -0.1) is 11.3 Å². The van der Waals surface area contributed by atoms with Crippen LogP contribution in [-0.2, 0) is 0 Å². The number of carbonyl (C=O) groups is 2. The van der Waals surface area contributed by atoms with Gasteiger partial charge in [-0.2, -0.15) is 0 Å². The molecule has 3 aromatic heterocycles. The number of aliphatic hydroxyl groups is 1. The first-order valence-corrected chi connectivity index (χ1v) is 15.4. The fourth-order valence-electron chi connectivity index (χ4n) is 6.41. The van der Waals surface area contributed by atoms with Gasteiger partial charge >= 0.3 is 0 Å². The van der Waals surface area contributed by atoms with Gasteiger partial charge < -0.3 is 21.1 Å². The Morgan fingerprint density at radius 2 is 1.93 bits per heavy atom. The number of hydrogen-bond donors (Lipinski definition) is 4. The quantitative estimate of drug-likeness (QED) is 0.153. The number of hydrogen-bond acceptors (Lipinski definition) is 9. The third-order valence-corrected chi connectivity index (χ3v) is 9.65. The molecule has 0 spiro atoms. The van der Waals surface area contributed by atoms with Crippen molar-refractivity contribution in [2.45, 2.75) is 69.7 Å². The van der Waals surface area contributed by atoms with Crippen LogP contribution in [0.25, 0.3) is 10.2 Å². The van der Waals surface area contributed by atoms with Gasteiger partial charge in [-0.05, 0) is 81.7 Å². The second kappa shape index (κ2) is 11.3. The highest BCUT2D eigenvalue weighted by molar-refractivity contribution is 7.16. The maximum absolute atomic E-state index is 14.5. The van der Waals surface area contributed by atoms with Gasteiger partial charge in [0.25, 0.3) is 5.91 Å². The van der Waals surface area contributed by atoms with E-state index < -0.39 is 17.7 Å². The number of nitrogens with zero attached hydrogens (tertiary/aromatic N) is 3. The summed E-state index contributed by atoms with van der Waals surface area (Å²) in [5.74, 6) is 0.171. The van der Waals surface area contributed by atoms with Gasteiger partial charge in [-0.25, -0.2) is 14.4 Å². The van der Waals surface area contributed by atoms with E-state index in [2.05, 4.69) is 30.9 Å². The summed E-state index contributed by atoms with van der Waals surface area (Å²) in [6.45, 7) is 2.40. The summed E-state index contributed by atoms with van der Waals surface area (Å²) in [5.41, 5.74) is 3.10. The summed E-state index contributed by atoms with van der Waals surface area (Å²) in [4.78, 5) is 39.3. The molecule has 2 bridgehead atoms. The molecule has 224 valence electrons. The first kappa shape index (κ1) is 29.1. The van der Waals surface area contributed by atoms with Crippen molar-refractivity contribution in [1.29, 1.82) is 0 Å². The number of fused-ring (bicyclic) bond motifs is 3. The number of halogens is 1. The van der Waals surface area contributed by atoms with Crippen LogP contribution in [0.3, 0.4) is 0 Å². The van der Waals surface area contributed by atoms with Crippen molar-refractivity contribution in [3.05, 3.63) is 71.6 Å². The van der Waals surface area contributed by atoms with E-state index in [0.29, 0.717) is 23.5 Å². The molecule has 9 nitrogen and oxygen atoms in total. The van der Waals surface area contributed by atoms with E-state index in [9.17, 15) is 19.1 Å². The Kier molecular flexibility index (Phi) is 7.64. The number of Topliss-reactive ketones (excluding diaryl/α,β-unsaturated/α-hetero) is 1. The fraction of sp³-hybridized carbons (Fsp3) is 0.406. The molecule has 0 saturated heterocycles. The number of rotatable bonds is 11. The lowest BCUT2D eigenvalue weighted by Crippen LogP contribution is -2.42. The summed E-state index contributed by atoms with van der Waals surface area (Å²) in [6.07, 6.45) is 7.97. The Morgan fingerprint density at radius 3 is 2.67 bits per heavy atom. The van der Waals surface area contributed by atoms with E-state index in [1.807, 2.05) is 30.3 Å². The lowest BCUT2D eigenvalue weighted by Gasteiger charge is -2.31. The number of amides is 1. The van der Waals surface area contributed by atoms with Gasteiger partial charge in [0.05, 0.1) is 39.1 Å². The summed E-state index contributed by atoms with van der Waals surface area (Å²) >= 11 is 1.55. The van der Waals surface area contributed by atoms with E-state index in [0.717, 1.165) is 48.0 Å². The first-order valence-electron chi connectivity index (χ1n) is 14.5. The molecular weight excluding hydrogens is 567 g/mol. The number of thiazole rings is 1. The van der Waals surface area contributed by atoms with Crippen molar-refractivity contribution in [2.24, 2.45) is 5.41 Å². The molecule has 1 aromatic carbocycles. The van der Waals surface area contributed by atoms with E-state index in [4.69, 9.17) is 0 Å². The summed E-state index contributed by atoms with van der Waals surface area (Å²) in [5, 5.41) is 19.6. The van der Waals surface area contributed by atoms with Gasteiger partial charge in [-0.1, -0.05) is 0 Å². The zero-order valence-electron chi connectivity index (χ0n) is 24.2. The van der Waals surface area contributed by atoms with Crippen LogP contribution in [0.1, 0.15) is 73.1 Å². The van der Waals surface area contributed by atoms with Crippen LogP contribution in [-0.4, -0.2) is 55.6 Å². The largest absolute Gasteiger partial charge is 0.387 e. The second-order valence-electron chi connectivity index (χ2n) is 12.5. The van der Waals surface area contributed by atoms with E-state index >= 15 is 0 Å². The highest BCUT2D eigenvalue weighted by Gasteiger charge is 2.55. The van der Waals surface area contributed by atoms with Crippen molar-refractivity contribution in [2.75, 3.05) is 17.2 Å². The molecule has 43 heavy (non-hydrogen) atoms. The molecule has 0 aliphatic heterocycles. The maximum Gasteiger partial charge on any atom is 0.255 e. The molecule has 2 aliphatic carbocycles. The van der Waals surface area contributed by atoms with Crippen molar-refractivity contribution in [3.8, 4) is 0 Å². The smallest absolute Gasteiger partial charge is 0.255 e. The first-order chi connectivity index (χ1) is 20.5. The van der Waals surface area contributed by atoms with Gasteiger partial charge in [-0.3, -0.25) is 14.6 Å². The van der Waals surface area contributed by atoms with E-state index in [-0.39, 0.29) is 28.8 Å². The number of benzene rings is 1. The molecular formula is C32H35FN6O3S. The van der Waals surface area contributed by atoms with Crippen molar-refractivity contribution in [1.82, 2.24) is 20.3 Å². The van der Waals surface area contributed by atoms with Crippen molar-refractivity contribution < 1.29 is 19.1 Å². The summed E-state index contributed by atoms with van der Waals surface area (Å²) in [7, 11) is 0. The third kappa shape index (κ3) is 6.23. The van der Waals surface area contributed by atoms with Crippen LogP contribution >= 0.6 is 11.3 Å². The number of carbonyl (C=O) groups excluding carboxylic acids is 2. The predicted molar refractivity (Wildman–Crippen MR) is 166 cm³/mol. The van der Waals surface area contributed by atoms with Crippen LogP contribution in [0.15, 0.2) is 60.5 Å². The number of nitrogens with one attached hydrogen (secondary N) is 3. The average molecular weight is 603 g/mol. The molecule has 0 radical (unpaired) electrons. The maximum atomic E-state index is 14.5. The fourth-order valence-corrected chi connectivity index (χ4v) is 7.13. The number of alkyl halides is 1. The number of anilines is 3. The van der Waals surface area contributed by atoms with Crippen molar-refractivity contribution in [3.63, 3.8) is 0 Å². The lowest BCUT2D eigenvalue weighted by molar-refractivity contribution is -0.00178. The Balaban J connectivity index is 1.24. The normalized spacial score (nSPS) is 22.0. The minimum absolute atomic E-state index is 0.102. The zero-order chi connectivity index (χ0) is 30.2. The number of aromatic nitrogens is 3. The Bertz CT molecular complexity index is 1650. The summed E-state index contributed by atoms with van der Waals surface area (Å²) < 4.78 is 15.5. The molecule has 2 fully saturated rings. The van der Waals surface area contributed by atoms with Gasteiger partial charge in [0.1, 0.15) is 12.0 Å². The van der Waals surface area contributed by atoms with Crippen molar-refractivity contribution >= 4 is 50.4 Å². The van der Waals surface area contributed by atoms with Crippen LogP contribution in [0.2, 0.25) is 0 Å². The Hall–Kier alpha value is -3.96. The van der Waals surface area contributed by atoms with Gasteiger partial charge in [0.2, 0.25) is 0 Å². The molecule has 2 saturated carbocycles. The SMILES string of the molecule is CC(C)(O)[C@H](F)CNC(=O)c1cnc(Nc2ccc3ncsc3c2)cc1NC12CCC(CC(=O)c3cccnc3)(CC1)C2. The zero-order valence-corrected chi connectivity index (χ0v) is 25.0. The number of ketones is 1. The van der Waals surface area contributed by atoms with Crippen LogP contribution in [0.5, 0.6) is 0 Å². The standard InChI is InChI=1S/C32H35FN6O3S/c1-30(2,42)27(33)17-36-29(41)22-16-35-28(38-21-5-6-23-26(12-21)43-19-37-23)13-24(22)39-32-9-7-31(18-32,8-10-32)14-25(40)20-4-3-11-34-15-20/h3-6,11-13,15-16,19,27,42H,7-10,14,17-18H2,1-2H3,(H,36,41)(H2,35,38,39)/t27-,31?,32?/m1/s1. The van der Waals surface area contributed by atoms with E-state index in [1.165, 1.54) is 20.0 Å². The topological polar surface area (TPSA) is 129 Å². The van der Waals surface area contributed by atoms with Crippen LogP contribution in [0, 0.1) is 5.41 Å². The molecule has 4 N–H and O–H groups in total. The molecule has 3 heterocycles. The predicted octanol–water partition coefficient (Wildman–Crippen LogP) is 6.06. The molecule has 0 unspecified atom stereocenters. The number of pyridine rings is 2. The second-order valence-corrected chi connectivity index (χ2v) is 13.4. The third-order valence-electron chi connectivity index (χ3n) is 8.86. The minimum Gasteiger partial charge on any atom is -0.387 e. The van der Waals surface area contributed by atoms with Crippen LogP contribution < -0.4 is 16.0 Å². The van der Waals surface area contributed by atoms with E-state index in [1.54, 1.807) is 35.3 Å². The highest BCUT2D eigenvalue weighted by atomic mass is 32.1. The lowest BCUT2D eigenvalue weighted by atomic mass is 9.79. The highest BCUT2D eigenvalue weighted by Crippen LogP contribution is 2.59. The molecule has 2 aliphatic rings. The molecule has 1 atom stereocenters. The van der Waals surface area contributed by atoms with Gasteiger partial charge in [0, 0.05) is 47.9 Å². The Labute approximate surface area is 253 Å². The average Bonchev–Trinajstić information content (AvgIpc) is 3.69. The van der Waals surface area contributed by atoms with Gasteiger partial charge in [0.15, 0.2) is 5.78 Å². The summed E-state index contributed by atoms with van der Waals surface area (Å²) in [6, 6.07) is 11.3. The van der Waals surface area contributed by atoms with Crippen LogP contribution in [0.4, 0.5) is 21.6 Å². The molecule has 1 amide bonds. The Morgan fingerprint density at radius 1 is 1.12 bits per heavy atom. The molecule has 11 heteroatoms. The minimum atomic E-state index is -1.63. The molecule has 4 aromatic rings. The monoisotopic (exact) mass is 602 g/mol.